The van der Waals surface area contributed by atoms with Crippen LogP contribution in [-0.2, 0) is 19.4 Å². The molecular formula is C16H19BrO4S. The fraction of sp³-hybridized carbons (Fsp3) is 0.438. The van der Waals surface area contributed by atoms with Crippen molar-refractivity contribution in [2.24, 2.45) is 5.92 Å². The Kier molecular flexibility index (Phi) is 5.45. The molecule has 120 valence electrons. The third kappa shape index (κ3) is 3.98. The minimum absolute atomic E-state index is 0.210. The molecule has 0 saturated heterocycles. The fourth-order valence-corrected chi connectivity index (χ4v) is 4.71. The number of hydrogen-bond donors (Lipinski definition) is 0. The fourth-order valence-electron chi connectivity index (χ4n) is 2.72. The molecule has 1 aromatic carbocycles. The number of allylic oxidation sites excluding steroid dienone is 1. The minimum Gasteiger partial charge on any atom is -0.465 e. The molecular weight excluding hydrogens is 368 g/mol. The lowest BCUT2D eigenvalue weighted by Crippen LogP contribution is -2.07. The van der Waals surface area contributed by atoms with Crippen LogP contribution in [0.15, 0.2) is 33.6 Å². The lowest BCUT2D eigenvalue weighted by Gasteiger charge is -2.11. The van der Waals surface area contributed by atoms with Gasteiger partial charge in [-0.1, -0.05) is 25.0 Å². The van der Waals surface area contributed by atoms with Gasteiger partial charge in [0.05, 0.1) is 17.6 Å². The van der Waals surface area contributed by atoms with Gasteiger partial charge in [-0.2, -0.15) is 0 Å². The third-order valence-electron chi connectivity index (χ3n) is 3.85. The maximum atomic E-state index is 12.1. The van der Waals surface area contributed by atoms with Crippen LogP contribution in [0.4, 0.5) is 0 Å². The number of sulfone groups is 1. The van der Waals surface area contributed by atoms with Crippen molar-refractivity contribution in [1.29, 1.82) is 0 Å². The molecule has 0 radical (unpaired) electrons. The summed E-state index contributed by atoms with van der Waals surface area (Å²) in [7, 11) is -1.95. The number of hydrogen-bond acceptors (Lipinski definition) is 4. The summed E-state index contributed by atoms with van der Waals surface area (Å²) >= 11 is 3.28. The molecule has 0 atom stereocenters. The highest BCUT2D eigenvalue weighted by atomic mass is 79.9. The van der Waals surface area contributed by atoms with Gasteiger partial charge in [0.25, 0.3) is 0 Å². The zero-order valence-electron chi connectivity index (χ0n) is 12.6. The van der Waals surface area contributed by atoms with Gasteiger partial charge in [0, 0.05) is 10.7 Å². The number of ether oxygens (including phenoxy) is 1. The van der Waals surface area contributed by atoms with E-state index >= 15 is 0 Å². The Morgan fingerprint density at radius 2 is 1.95 bits per heavy atom. The van der Waals surface area contributed by atoms with E-state index in [4.69, 9.17) is 4.74 Å². The Morgan fingerprint density at radius 1 is 1.32 bits per heavy atom. The quantitative estimate of drug-likeness (QED) is 0.585. The SMILES string of the molecule is COC(=O)/C(=C/C1CCCC1)c1ccc(S(C)(=O)=O)c(Br)c1. The Morgan fingerprint density at radius 3 is 2.45 bits per heavy atom. The van der Waals surface area contributed by atoms with Gasteiger partial charge in [-0.05, 0) is 52.4 Å². The van der Waals surface area contributed by atoms with Crippen LogP contribution in [0.25, 0.3) is 5.57 Å². The van der Waals surface area contributed by atoms with Crippen LogP contribution in [0.2, 0.25) is 0 Å². The number of methoxy groups -OCH3 is 1. The molecule has 0 aliphatic heterocycles. The third-order valence-corrected chi connectivity index (χ3v) is 5.92. The summed E-state index contributed by atoms with van der Waals surface area (Å²) in [5.41, 5.74) is 1.16. The topological polar surface area (TPSA) is 60.4 Å². The summed E-state index contributed by atoms with van der Waals surface area (Å²) in [6.45, 7) is 0. The van der Waals surface area contributed by atoms with E-state index in [1.807, 2.05) is 6.08 Å². The predicted molar refractivity (Wildman–Crippen MR) is 89.2 cm³/mol. The van der Waals surface area contributed by atoms with Crippen LogP contribution in [0.1, 0.15) is 31.2 Å². The minimum atomic E-state index is -3.31. The van der Waals surface area contributed by atoms with Crippen molar-refractivity contribution in [2.45, 2.75) is 30.6 Å². The molecule has 1 aliphatic rings. The van der Waals surface area contributed by atoms with Crippen LogP contribution in [0, 0.1) is 5.92 Å². The first-order chi connectivity index (χ1) is 10.3. The van der Waals surface area contributed by atoms with Crippen molar-refractivity contribution >= 4 is 37.3 Å². The molecule has 4 nitrogen and oxygen atoms in total. The van der Waals surface area contributed by atoms with E-state index in [-0.39, 0.29) is 4.90 Å². The van der Waals surface area contributed by atoms with Crippen molar-refractivity contribution in [3.05, 3.63) is 34.3 Å². The van der Waals surface area contributed by atoms with Crippen molar-refractivity contribution in [2.75, 3.05) is 13.4 Å². The summed E-state index contributed by atoms with van der Waals surface area (Å²) in [5.74, 6) is -0.0200. The normalized spacial score (nSPS) is 16.8. The van der Waals surface area contributed by atoms with E-state index in [1.165, 1.54) is 26.0 Å². The number of esters is 1. The molecule has 6 heteroatoms. The van der Waals surface area contributed by atoms with Crippen LogP contribution in [0.3, 0.4) is 0 Å². The van der Waals surface area contributed by atoms with Gasteiger partial charge in [-0.15, -0.1) is 0 Å². The zero-order chi connectivity index (χ0) is 16.3. The molecule has 0 aromatic heterocycles. The van der Waals surface area contributed by atoms with Crippen molar-refractivity contribution in [3.8, 4) is 0 Å². The molecule has 1 aliphatic carbocycles. The van der Waals surface area contributed by atoms with Gasteiger partial charge in [-0.3, -0.25) is 0 Å². The highest BCUT2D eigenvalue weighted by Crippen LogP contribution is 2.31. The van der Waals surface area contributed by atoms with Crippen LogP contribution in [0.5, 0.6) is 0 Å². The smallest absolute Gasteiger partial charge is 0.338 e. The van der Waals surface area contributed by atoms with E-state index in [2.05, 4.69) is 15.9 Å². The summed E-state index contributed by atoms with van der Waals surface area (Å²) in [5, 5.41) is 0. The molecule has 0 unspecified atom stereocenters. The summed E-state index contributed by atoms with van der Waals surface area (Å²) in [6, 6.07) is 4.83. The number of benzene rings is 1. The van der Waals surface area contributed by atoms with E-state index in [9.17, 15) is 13.2 Å². The van der Waals surface area contributed by atoms with Gasteiger partial charge >= 0.3 is 5.97 Å². The van der Waals surface area contributed by atoms with Crippen molar-refractivity contribution in [3.63, 3.8) is 0 Å². The Balaban J connectivity index is 2.44. The van der Waals surface area contributed by atoms with Crippen LogP contribution in [-0.4, -0.2) is 27.8 Å². The van der Waals surface area contributed by atoms with Gasteiger partial charge in [-0.25, -0.2) is 13.2 Å². The second-order valence-electron chi connectivity index (χ2n) is 5.53. The summed E-state index contributed by atoms with van der Waals surface area (Å²) in [4.78, 5) is 12.3. The largest absolute Gasteiger partial charge is 0.465 e. The van der Waals surface area contributed by atoms with Gasteiger partial charge in [0.15, 0.2) is 9.84 Å². The molecule has 1 aromatic rings. The molecule has 0 bridgehead atoms. The Hall–Kier alpha value is -1.14. The molecule has 0 N–H and O–H groups in total. The van der Waals surface area contributed by atoms with Crippen LogP contribution >= 0.6 is 15.9 Å². The number of carbonyl (C=O) groups excluding carboxylic acids is 1. The first-order valence-electron chi connectivity index (χ1n) is 7.13. The second-order valence-corrected chi connectivity index (χ2v) is 8.37. The monoisotopic (exact) mass is 386 g/mol. The lowest BCUT2D eigenvalue weighted by atomic mass is 9.99. The van der Waals surface area contributed by atoms with E-state index in [1.54, 1.807) is 12.1 Å². The highest BCUT2D eigenvalue weighted by Gasteiger charge is 2.20. The average molecular weight is 387 g/mol. The molecule has 0 spiro atoms. The van der Waals surface area contributed by atoms with Gasteiger partial charge < -0.3 is 4.74 Å². The molecule has 0 amide bonds. The first-order valence-corrected chi connectivity index (χ1v) is 9.81. The molecule has 1 fully saturated rings. The summed E-state index contributed by atoms with van der Waals surface area (Å²) < 4.78 is 28.7. The van der Waals surface area contributed by atoms with Crippen LogP contribution < -0.4 is 0 Å². The van der Waals surface area contributed by atoms with Crippen molar-refractivity contribution < 1.29 is 17.9 Å². The number of carbonyl (C=O) groups is 1. The van der Waals surface area contributed by atoms with Gasteiger partial charge in [0.1, 0.15) is 0 Å². The number of rotatable bonds is 4. The van der Waals surface area contributed by atoms with E-state index in [0.29, 0.717) is 21.5 Å². The predicted octanol–water partition coefficient (Wildman–Crippen LogP) is 3.60. The Labute approximate surface area is 139 Å². The molecule has 1 saturated carbocycles. The molecule has 22 heavy (non-hydrogen) atoms. The lowest BCUT2D eigenvalue weighted by molar-refractivity contribution is -0.133. The molecule has 0 heterocycles. The number of halogens is 1. The van der Waals surface area contributed by atoms with Crippen molar-refractivity contribution in [1.82, 2.24) is 0 Å². The average Bonchev–Trinajstić information content (AvgIpc) is 2.95. The van der Waals surface area contributed by atoms with E-state index in [0.717, 1.165) is 19.1 Å². The second kappa shape index (κ2) is 6.96. The standard InChI is InChI=1S/C16H19BrO4S/c1-21-16(18)13(9-11-5-3-4-6-11)12-7-8-15(14(17)10-12)22(2,19)20/h7-11H,3-6H2,1-2H3/b13-9+. The molecule has 2 rings (SSSR count). The maximum absolute atomic E-state index is 12.1. The van der Waals surface area contributed by atoms with Gasteiger partial charge in [0.2, 0.25) is 0 Å². The first kappa shape index (κ1) is 17.2. The van der Waals surface area contributed by atoms with E-state index < -0.39 is 15.8 Å². The summed E-state index contributed by atoms with van der Waals surface area (Å²) in [6.07, 6.45) is 7.61. The zero-order valence-corrected chi connectivity index (χ0v) is 15.0. The Bertz CT molecular complexity index is 701. The maximum Gasteiger partial charge on any atom is 0.338 e. The highest BCUT2D eigenvalue weighted by molar-refractivity contribution is 9.10.